The van der Waals surface area contributed by atoms with Crippen LogP contribution in [0.15, 0.2) is 24.3 Å². The van der Waals surface area contributed by atoms with Gasteiger partial charge in [0.25, 0.3) is 0 Å². The molecule has 0 aliphatic heterocycles. The third-order valence-electron chi connectivity index (χ3n) is 3.71. The Bertz CT molecular complexity index is 501. The predicted octanol–water partition coefficient (Wildman–Crippen LogP) is 1.75. The van der Waals surface area contributed by atoms with Crippen molar-refractivity contribution >= 4 is 12.0 Å². The maximum absolute atomic E-state index is 11.8. The molecule has 2 atom stereocenters. The third kappa shape index (κ3) is 4.46. The number of carboxylic acids is 1. The first-order chi connectivity index (χ1) is 10.1. The number of benzene rings is 1. The quantitative estimate of drug-likeness (QED) is 0.771. The largest absolute Gasteiger partial charge is 0.478 e. The zero-order valence-corrected chi connectivity index (χ0v) is 12.0. The number of hydrogen-bond donors (Lipinski definition) is 3. The molecular formula is C15H20N2O4. The summed E-state index contributed by atoms with van der Waals surface area (Å²) in [6, 6.07) is 6.39. The molecule has 0 bridgehead atoms. The van der Waals surface area contributed by atoms with Crippen LogP contribution in [0.5, 0.6) is 0 Å². The zero-order valence-electron chi connectivity index (χ0n) is 12.0. The van der Waals surface area contributed by atoms with Gasteiger partial charge >= 0.3 is 12.0 Å². The van der Waals surface area contributed by atoms with E-state index in [0.29, 0.717) is 6.54 Å². The van der Waals surface area contributed by atoms with Gasteiger partial charge in [0.05, 0.1) is 11.7 Å². The van der Waals surface area contributed by atoms with Crippen LogP contribution >= 0.6 is 0 Å². The Morgan fingerprint density at radius 2 is 2.00 bits per heavy atom. The van der Waals surface area contributed by atoms with Gasteiger partial charge in [-0.3, -0.25) is 0 Å². The predicted molar refractivity (Wildman–Crippen MR) is 77.2 cm³/mol. The lowest BCUT2D eigenvalue weighted by Crippen LogP contribution is -2.40. The standard InChI is InChI=1S/C15H20N2O4/c1-21-13-7-6-12(8-13)17-15(20)16-9-10-2-4-11(5-3-10)14(18)19/h2-5,12-13H,6-9H2,1H3,(H,18,19)(H2,16,17,20). The van der Waals surface area contributed by atoms with E-state index in [-0.39, 0.29) is 23.7 Å². The molecule has 0 saturated heterocycles. The van der Waals surface area contributed by atoms with Crippen LogP contribution in [0.3, 0.4) is 0 Å². The lowest BCUT2D eigenvalue weighted by atomic mass is 10.1. The van der Waals surface area contributed by atoms with Gasteiger partial charge < -0.3 is 20.5 Å². The Morgan fingerprint density at radius 1 is 1.29 bits per heavy atom. The van der Waals surface area contributed by atoms with E-state index < -0.39 is 5.97 Å². The Kier molecular flexibility index (Phi) is 5.16. The summed E-state index contributed by atoms with van der Waals surface area (Å²) in [5.41, 5.74) is 1.09. The van der Waals surface area contributed by atoms with Crippen LogP contribution in [-0.2, 0) is 11.3 Å². The first-order valence-electron chi connectivity index (χ1n) is 6.98. The second-order valence-electron chi connectivity index (χ2n) is 5.20. The number of hydrogen-bond acceptors (Lipinski definition) is 3. The number of carbonyl (C=O) groups is 2. The van der Waals surface area contributed by atoms with E-state index in [1.807, 2.05) is 0 Å². The molecule has 0 heterocycles. The number of carbonyl (C=O) groups excluding carboxylic acids is 1. The van der Waals surface area contributed by atoms with E-state index in [1.165, 1.54) is 12.1 Å². The minimum Gasteiger partial charge on any atom is -0.478 e. The summed E-state index contributed by atoms with van der Waals surface area (Å²) in [4.78, 5) is 22.5. The van der Waals surface area contributed by atoms with Crippen LogP contribution in [0.4, 0.5) is 4.79 Å². The van der Waals surface area contributed by atoms with Crippen LogP contribution in [0.2, 0.25) is 0 Å². The van der Waals surface area contributed by atoms with Crippen molar-refractivity contribution in [1.29, 1.82) is 0 Å². The molecule has 1 aliphatic rings. The van der Waals surface area contributed by atoms with Crippen LogP contribution < -0.4 is 10.6 Å². The molecule has 21 heavy (non-hydrogen) atoms. The fourth-order valence-corrected chi connectivity index (χ4v) is 2.47. The van der Waals surface area contributed by atoms with E-state index in [4.69, 9.17) is 9.84 Å². The molecule has 0 radical (unpaired) electrons. The number of aromatic carboxylic acids is 1. The van der Waals surface area contributed by atoms with Crippen molar-refractivity contribution < 1.29 is 19.4 Å². The first-order valence-corrected chi connectivity index (χ1v) is 6.98. The topological polar surface area (TPSA) is 87.7 Å². The number of carboxylic acid groups (broad SMARTS) is 1. The van der Waals surface area contributed by atoms with Gasteiger partial charge in [0, 0.05) is 19.7 Å². The van der Waals surface area contributed by atoms with Crippen molar-refractivity contribution in [1.82, 2.24) is 10.6 Å². The number of ether oxygens (including phenoxy) is 1. The number of amides is 2. The Balaban J connectivity index is 1.75. The highest BCUT2D eigenvalue weighted by Crippen LogP contribution is 2.21. The van der Waals surface area contributed by atoms with Crippen molar-refractivity contribution in [3.8, 4) is 0 Å². The lowest BCUT2D eigenvalue weighted by molar-refractivity contribution is 0.0697. The molecule has 0 spiro atoms. The molecule has 1 aromatic rings. The monoisotopic (exact) mass is 292 g/mol. The molecule has 2 amide bonds. The van der Waals surface area contributed by atoms with Crippen LogP contribution in [0, 0.1) is 0 Å². The molecule has 6 heteroatoms. The van der Waals surface area contributed by atoms with Crippen molar-refractivity contribution in [3.63, 3.8) is 0 Å². The average molecular weight is 292 g/mol. The van der Waals surface area contributed by atoms with Crippen LogP contribution in [0.1, 0.15) is 35.2 Å². The minimum atomic E-state index is -0.957. The highest BCUT2D eigenvalue weighted by molar-refractivity contribution is 5.87. The summed E-state index contributed by atoms with van der Waals surface area (Å²) < 4.78 is 5.26. The summed E-state index contributed by atoms with van der Waals surface area (Å²) in [5, 5.41) is 14.5. The smallest absolute Gasteiger partial charge is 0.335 e. The molecule has 2 unspecified atom stereocenters. The van der Waals surface area contributed by atoms with Gasteiger partial charge in [0.15, 0.2) is 0 Å². The lowest BCUT2D eigenvalue weighted by Gasteiger charge is -2.14. The third-order valence-corrected chi connectivity index (χ3v) is 3.71. The van der Waals surface area contributed by atoms with Gasteiger partial charge in [-0.15, -0.1) is 0 Å². The Labute approximate surface area is 123 Å². The Morgan fingerprint density at radius 3 is 2.57 bits per heavy atom. The van der Waals surface area contributed by atoms with Crippen molar-refractivity contribution in [3.05, 3.63) is 35.4 Å². The van der Waals surface area contributed by atoms with E-state index in [0.717, 1.165) is 24.8 Å². The SMILES string of the molecule is COC1CCC(NC(=O)NCc2ccc(C(=O)O)cc2)C1. The van der Waals surface area contributed by atoms with Gasteiger partial charge in [0.1, 0.15) is 0 Å². The summed E-state index contributed by atoms with van der Waals surface area (Å²) in [7, 11) is 1.69. The summed E-state index contributed by atoms with van der Waals surface area (Å²) >= 11 is 0. The summed E-state index contributed by atoms with van der Waals surface area (Å²) in [6.07, 6.45) is 2.98. The second-order valence-corrected chi connectivity index (χ2v) is 5.20. The molecule has 1 aromatic carbocycles. The number of urea groups is 1. The van der Waals surface area contributed by atoms with E-state index >= 15 is 0 Å². The van der Waals surface area contributed by atoms with Crippen molar-refractivity contribution in [2.75, 3.05) is 7.11 Å². The first kappa shape index (κ1) is 15.3. The van der Waals surface area contributed by atoms with Gasteiger partial charge in [-0.1, -0.05) is 12.1 Å². The molecule has 1 aliphatic carbocycles. The Hall–Kier alpha value is -2.08. The second kappa shape index (κ2) is 7.08. The molecular weight excluding hydrogens is 272 g/mol. The van der Waals surface area contributed by atoms with Crippen molar-refractivity contribution in [2.24, 2.45) is 0 Å². The van der Waals surface area contributed by atoms with Crippen LogP contribution in [0.25, 0.3) is 0 Å². The maximum Gasteiger partial charge on any atom is 0.335 e. The summed E-state index contributed by atoms with van der Waals surface area (Å²) in [6.45, 7) is 0.367. The molecule has 0 aromatic heterocycles. The van der Waals surface area contributed by atoms with Gasteiger partial charge in [-0.2, -0.15) is 0 Å². The zero-order chi connectivity index (χ0) is 15.2. The van der Waals surface area contributed by atoms with Crippen molar-refractivity contribution in [2.45, 2.75) is 38.0 Å². The molecule has 2 rings (SSSR count). The highest BCUT2D eigenvalue weighted by atomic mass is 16.5. The summed E-state index contributed by atoms with van der Waals surface area (Å²) in [5.74, 6) is -0.957. The number of nitrogens with one attached hydrogen (secondary N) is 2. The van der Waals surface area contributed by atoms with Crippen LogP contribution in [-0.4, -0.2) is 36.4 Å². The normalized spacial score (nSPS) is 21.0. The maximum atomic E-state index is 11.8. The van der Waals surface area contributed by atoms with Gasteiger partial charge in [-0.25, -0.2) is 9.59 Å². The molecule has 114 valence electrons. The van der Waals surface area contributed by atoms with E-state index in [9.17, 15) is 9.59 Å². The highest BCUT2D eigenvalue weighted by Gasteiger charge is 2.25. The number of rotatable bonds is 5. The fourth-order valence-electron chi connectivity index (χ4n) is 2.47. The molecule has 1 fully saturated rings. The van der Waals surface area contributed by atoms with E-state index in [2.05, 4.69) is 10.6 Å². The van der Waals surface area contributed by atoms with Gasteiger partial charge in [-0.05, 0) is 37.0 Å². The number of methoxy groups -OCH3 is 1. The molecule has 1 saturated carbocycles. The minimum absolute atomic E-state index is 0.157. The molecule has 6 nitrogen and oxygen atoms in total. The fraction of sp³-hybridized carbons (Fsp3) is 0.467. The molecule has 3 N–H and O–H groups in total. The van der Waals surface area contributed by atoms with E-state index in [1.54, 1.807) is 19.2 Å². The average Bonchev–Trinajstić information content (AvgIpc) is 2.93. The van der Waals surface area contributed by atoms with Gasteiger partial charge in [0.2, 0.25) is 0 Å².